The van der Waals surface area contributed by atoms with Gasteiger partial charge < -0.3 is 4.74 Å². The largest absolute Gasteiger partial charge is 0.494 e. The predicted molar refractivity (Wildman–Crippen MR) is 67.4 cm³/mol. The van der Waals surface area contributed by atoms with Gasteiger partial charge in [-0.3, -0.25) is 4.79 Å². The number of ether oxygens (including phenoxy) is 1. The monoisotopic (exact) mass is 288 g/mol. The Hall–Kier alpha value is -0.480. The molecule has 0 aliphatic heterocycles. The van der Waals surface area contributed by atoms with Gasteiger partial charge in [-0.05, 0) is 19.1 Å². The summed E-state index contributed by atoms with van der Waals surface area (Å²) in [7, 11) is 0. The fourth-order valence-electron chi connectivity index (χ4n) is 1.24. The van der Waals surface area contributed by atoms with Crippen LogP contribution in [0.4, 0.5) is 0 Å². The Kier molecular flexibility index (Phi) is 5.19. The maximum absolute atomic E-state index is 11.3. The summed E-state index contributed by atoms with van der Waals surface area (Å²) in [5.74, 6) is 0.891. The summed E-state index contributed by atoms with van der Waals surface area (Å²) >= 11 is 7.38. The van der Waals surface area contributed by atoms with Crippen molar-refractivity contribution in [2.24, 2.45) is 0 Å². The van der Waals surface area contributed by atoms with Crippen LogP contribution in [0.1, 0.15) is 12.5 Å². The smallest absolute Gasteiger partial charge is 0.147 e. The molecule has 0 spiro atoms. The van der Waals surface area contributed by atoms with Crippen molar-refractivity contribution < 1.29 is 9.53 Å². The van der Waals surface area contributed by atoms with E-state index in [0.29, 0.717) is 18.4 Å². The molecule has 0 saturated carbocycles. The van der Waals surface area contributed by atoms with E-state index in [9.17, 15) is 4.79 Å². The van der Waals surface area contributed by atoms with E-state index in [1.54, 1.807) is 0 Å². The van der Waals surface area contributed by atoms with Crippen LogP contribution in [-0.4, -0.2) is 17.7 Å². The number of hydrogen-bond acceptors (Lipinski definition) is 3. The van der Waals surface area contributed by atoms with Gasteiger partial charge in [0.25, 0.3) is 0 Å². The number of carbonyl (C=O) groups excluding carboxylic acids is 1. The molecule has 0 aliphatic carbocycles. The SMILES string of the molecule is CCOc1cc(S)ccc1CC(=O)CBr. The van der Waals surface area contributed by atoms with Gasteiger partial charge in [-0.25, -0.2) is 0 Å². The molecule has 1 aromatic rings. The molecule has 0 N–H and O–H groups in total. The minimum atomic E-state index is 0.142. The van der Waals surface area contributed by atoms with Gasteiger partial charge in [0.1, 0.15) is 11.5 Å². The standard InChI is InChI=1S/C11H13BrO2S/c1-2-14-11-6-10(15)4-3-8(11)5-9(13)7-12/h3-4,6,15H,2,5,7H2,1H3. The average molecular weight is 289 g/mol. The Labute approximate surface area is 104 Å². The molecule has 0 atom stereocenters. The number of hydrogen-bond donors (Lipinski definition) is 1. The molecule has 0 saturated heterocycles. The highest BCUT2D eigenvalue weighted by Crippen LogP contribution is 2.23. The summed E-state index contributed by atoms with van der Waals surface area (Å²) in [5, 5.41) is 0.376. The summed E-state index contributed by atoms with van der Waals surface area (Å²) < 4.78 is 5.45. The highest BCUT2D eigenvalue weighted by Gasteiger charge is 2.08. The van der Waals surface area contributed by atoms with E-state index < -0.39 is 0 Å². The lowest BCUT2D eigenvalue weighted by molar-refractivity contribution is -0.115. The van der Waals surface area contributed by atoms with E-state index in [2.05, 4.69) is 28.6 Å². The van der Waals surface area contributed by atoms with Crippen LogP contribution < -0.4 is 4.74 Å². The van der Waals surface area contributed by atoms with E-state index in [4.69, 9.17) is 4.74 Å². The normalized spacial score (nSPS) is 10.1. The second kappa shape index (κ2) is 6.18. The third kappa shape index (κ3) is 3.87. The number of ketones is 1. The molecule has 0 heterocycles. The van der Waals surface area contributed by atoms with Crippen molar-refractivity contribution in [2.75, 3.05) is 11.9 Å². The van der Waals surface area contributed by atoms with Gasteiger partial charge in [0.15, 0.2) is 0 Å². The molecule has 1 aromatic carbocycles. The molecular formula is C11H13BrO2S. The van der Waals surface area contributed by atoms with Crippen LogP contribution >= 0.6 is 28.6 Å². The number of rotatable bonds is 5. The first kappa shape index (κ1) is 12.6. The predicted octanol–water partition coefficient (Wildman–Crippen LogP) is 2.88. The first-order valence-corrected chi connectivity index (χ1v) is 6.26. The molecule has 4 heteroatoms. The van der Waals surface area contributed by atoms with Crippen molar-refractivity contribution in [3.63, 3.8) is 0 Å². The minimum Gasteiger partial charge on any atom is -0.494 e. The lowest BCUT2D eigenvalue weighted by Crippen LogP contribution is -2.06. The summed E-state index contributed by atoms with van der Waals surface area (Å²) in [6, 6.07) is 5.58. The van der Waals surface area contributed by atoms with Crippen molar-refractivity contribution in [3.8, 4) is 5.75 Å². The van der Waals surface area contributed by atoms with E-state index in [0.717, 1.165) is 16.2 Å². The molecule has 2 nitrogen and oxygen atoms in total. The van der Waals surface area contributed by atoms with Crippen LogP contribution in [0.3, 0.4) is 0 Å². The highest BCUT2D eigenvalue weighted by atomic mass is 79.9. The van der Waals surface area contributed by atoms with E-state index >= 15 is 0 Å². The van der Waals surface area contributed by atoms with Gasteiger partial charge in [-0.2, -0.15) is 0 Å². The van der Waals surface area contributed by atoms with Crippen LogP contribution in [0.5, 0.6) is 5.75 Å². The third-order valence-corrected chi connectivity index (χ3v) is 2.79. The molecule has 0 aliphatic rings. The van der Waals surface area contributed by atoms with Crippen LogP contribution in [0, 0.1) is 0 Å². The maximum Gasteiger partial charge on any atom is 0.147 e. The van der Waals surface area contributed by atoms with Crippen LogP contribution in [0.15, 0.2) is 23.1 Å². The Morgan fingerprint density at radius 3 is 2.87 bits per heavy atom. The van der Waals surface area contributed by atoms with Crippen molar-refractivity contribution in [2.45, 2.75) is 18.2 Å². The molecule has 15 heavy (non-hydrogen) atoms. The fraction of sp³-hybridized carbons (Fsp3) is 0.364. The zero-order valence-electron chi connectivity index (χ0n) is 8.50. The van der Waals surface area contributed by atoms with Gasteiger partial charge in [0, 0.05) is 16.9 Å². The van der Waals surface area contributed by atoms with Crippen LogP contribution in [-0.2, 0) is 11.2 Å². The molecule has 1 rings (SSSR count). The minimum absolute atomic E-state index is 0.142. The van der Waals surface area contributed by atoms with Crippen molar-refractivity contribution >= 4 is 34.3 Å². The fourth-order valence-corrected chi connectivity index (χ4v) is 1.63. The topological polar surface area (TPSA) is 26.3 Å². The number of Topliss-reactive ketones (excluding diaryl/α,β-unsaturated/α-hetero) is 1. The molecule has 0 unspecified atom stereocenters. The molecular weight excluding hydrogens is 276 g/mol. The van der Waals surface area contributed by atoms with Crippen molar-refractivity contribution in [3.05, 3.63) is 23.8 Å². The molecule has 82 valence electrons. The quantitative estimate of drug-likeness (QED) is 0.666. The third-order valence-electron chi connectivity index (χ3n) is 1.89. The van der Waals surface area contributed by atoms with Crippen LogP contribution in [0.2, 0.25) is 0 Å². The molecule has 0 fully saturated rings. The Balaban J connectivity index is 2.89. The summed E-state index contributed by atoms with van der Waals surface area (Å²) in [4.78, 5) is 12.1. The summed E-state index contributed by atoms with van der Waals surface area (Å²) in [6.45, 7) is 2.51. The van der Waals surface area contributed by atoms with Gasteiger partial charge in [-0.1, -0.05) is 22.0 Å². The molecule has 0 radical (unpaired) electrons. The van der Waals surface area contributed by atoms with E-state index in [1.165, 1.54) is 0 Å². The number of thiol groups is 1. The van der Waals surface area contributed by atoms with Gasteiger partial charge >= 0.3 is 0 Å². The second-order valence-corrected chi connectivity index (χ2v) is 4.15. The van der Waals surface area contributed by atoms with Gasteiger partial charge in [-0.15, -0.1) is 12.6 Å². The first-order chi connectivity index (χ1) is 7.17. The highest BCUT2D eigenvalue weighted by molar-refractivity contribution is 9.09. The average Bonchev–Trinajstić information content (AvgIpc) is 2.22. The number of alkyl halides is 1. The Bertz CT molecular complexity index is 352. The molecule has 0 bridgehead atoms. The van der Waals surface area contributed by atoms with Gasteiger partial charge in [0.05, 0.1) is 11.9 Å². The zero-order valence-corrected chi connectivity index (χ0v) is 11.0. The number of benzene rings is 1. The zero-order chi connectivity index (χ0) is 11.3. The number of carbonyl (C=O) groups is 1. The summed E-state index contributed by atoms with van der Waals surface area (Å²) in [6.07, 6.45) is 0.397. The van der Waals surface area contributed by atoms with Crippen molar-refractivity contribution in [1.82, 2.24) is 0 Å². The van der Waals surface area contributed by atoms with Crippen molar-refractivity contribution in [1.29, 1.82) is 0 Å². The second-order valence-electron chi connectivity index (χ2n) is 3.07. The lowest BCUT2D eigenvalue weighted by Gasteiger charge is -2.09. The maximum atomic E-state index is 11.3. The van der Waals surface area contributed by atoms with E-state index in [1.807, 2.05) is 25.1 Å². The van der Waals surface area contributed by atoms with Gasteiger partial charge in [0.2, 0.25) is 0 Å². The lowest BCUT2D eigenvalue weighted by atomic mass is 10.1. The van der Waals surface area contributed by atoms with E-state index in [-0.39, 0.29) is 5.78 Å². The molecule has 0 aromatic heterocycles. The first-order valence-electron chi connectivity index (χ1n) is 4.69. The number of halogens is 1. The van der Waals surface area contributed by atoms with Crippen LogP contribution in [0.25, 0.3) is 0 Å². The Morgan fingerprint density at radius 2 is 2.27 bits per heavy atom. The summed E-state index contributed by atoms with van der Waals surface area (Å²) in [5.41, 5.74) is 0.916. The Morgan fingerprint density at radius 1 is 1.53 bits per heavy atom. The molecule has 0 amide bonds.